The van der Waals surface area contributed by atoms with Gasteiger partial charge in [0.1, 0.15) is 0 Å². The van der Waals surface area contributed by atoms with E-state index in [2.05, 4.69) is 24.1 Å². The highest BCUT2D eigenvalue weighted by atomic mass is 16.5. The molecule has 1 atom stereocenters. The van der Waals surface area contributed by atoms with E-state index in [1.54, 1.807) is 0 Å². The first-order valence-corrected chi connectivity index (χ1v) is 8.78. The number of imidazole rings is 1. The molecule has 1 fully saturated rings. The molecule has 1 saturated heterocycles. The van der Waals surface area contributed by atoms with E-state index in [-0.39, 0.29) is 12.5 Å². The number of amides is 1. The van der Waals surface area contributed by atoms with Crippen molar-refractivity contribution >= 4 is 11.6 Å². The molecule has 3 rings (SSSR count). The number of rotatable bonds is 7. The predicted octanol–water partition coefficient (Wildman–Crippen LogP) is 1.88. The number of aromatic nitrogens is 2. The number of ether oxygens (including phenoxy) is 1. The lowest BCUT2D eigenvalue weighted by atomic mass is 10.2. The van der Waals surface area contributed by atoms with Crippen molar-refractivity contribution in [3.05, 3.63) is 30.2 Å². The van der Waals surface area contributed by atoms with Crippen molar-refractivity contribution in [1.29, 1.82) is 0 Å². The minimum Gasteiger partial charge on any atom is -0.480 e. The summed E-state index contributed by atoms with van der Waals surface area (Å²) < 4.78 is 7.73. The fourth-order valence-electron chi connectivity index (χ4n) is 3.18. The fraction of sp³-hybridized carbons (Fsp3) is 0.556. The second kappa shape index (κ2) is 7.66. The lowest BCUT2D eigenvalue weighted by Crippen LogP contribution is -2.32. The molecule has 0 spiro atoms. The van der Waals surface area contributed by atoms with Crippen molar-refractivity contribution < 1.29 is 9.53 Å². The Kier molecular flexibility index (Phi) is 5.35. The topological polar surface area (TPSA) is 58.9 Å². The molecule has 6 nitrogen and oxygen atoms in total. The van der Waals surface area contributed by atoms with E-state index in [0.29, 0.717) is 11.8 Å². The zero-order valence-electron chi connectivity index (χ0n) is 14.5. The van der Waals surface area contributed by atoms with Crippen molar-refractivity contribution in [2.24, 2.45) is 0 Å². The molecule has 24 heavy (non-hydrogen) atoms. The van der Waals surface area contributed by atoms with E-state index in [0.717, 1.165) is 50.2 Å². The molecule has 0 aliphatic carbocycles. The summed E-state index contributed by atoms with van der Waals surface area (Å²) in [5.41, 5.74) is 1.79. The molecule has 0 bridgehead atoms. The summed E-state index contributed by atoms with van der Waals surface area (Å²) in [5, 5.41) is 3.39. The molecule has 1 aliphatic heterocycles. The second-order valence-electron chi connectivity index (χ2n) is 6.37. The van der Waals surface area contributed by atoms with E-state index >= 15 is 0 Å². The van der Waals surface area contributed by atoms with Gasteiger partial charge in [0.2, 0.25) is 0 Å². The summed E-state index contributed by atoms with van der Waals surface area (Å²) in [7, 11) is 0. The highest BCUT2D eigenvalue weighted by Gasteiger charge is 2.19. The molecule has 3 heterocycles. The molecule has 6 heteroatoms. The molecule has 0 aromatic carbocycles. The number of hydrogen-bond donors (Lipinski definition) is 1. The van der Waals surface area contributed by atoms with Gasteiger partial charge >= 0.3 is 0 Å². The standard InChI is InChI=1S/C18H26N4O2/c1-3-19-14(2)11-15-12-22-10-6-7-16(18(22)20-15)24-13-17(23)21-8-4-5-9-21/h6-7,10,12,14,19H,3-5,8-9,11,13H2,1-2H3. The van der Waals surface area contributed by atoms with Gasteiger partial charge in [-0.2, -0.15) is 0 Å². The van der Waals surface area contributed by atoms with Crippen LogP contribution in [0.1, 0.15) is 32.4 Å². The number of fused-ring (bicyclic) bond motifs is 1. The van der Waals surface area contributed by atoms with Crippen LogP contribution in [0.25, 0.3) is 5.65 Å². The fourth-order valence-corrected chi connectivity index (χ4v) is 3.18. The number of carbonyl (C=O) groups is 1. The van der Waals surface area contributed by atoms with E-state index in [9.17, 15) is 4.79 Å². The van der Waals surface area contributed by atoms with E-state index < -0.39 is 0 Å². The van der Waals surface area contributed by atoms with Gasteiger partial charge < -0.3 is 19.4 Å². The van der Waals surface area contributed by atoms with Gasteiger partial charge in [-0.15, -0.1) is 0 Å². The predicted molar refractivity (Wildman–Crippen MR) is 93.3 cm³/mol. The minimum atomic E-state index is 0.0575. The number of nitrogens with zero attached hydrogens (tertiary/aromatic N) is 3. The molecule has 1 N–H and O–H groups in total. The van der Waals surface area contributed by atoms with Gasteiger partial charge in [-0.1, -0.05) is 6.92 Å². The molecule has 0 saturated carbocycles. The molecule has 1 amide bonds. The molecule has 1 unspecified atom stereocenters. The number of likely N-dealkylation sites (N-methyl/N-ethyl adjacent to an activating group) is 1. The Labute approximate surface area is 142 Å². The van der Waals surface area contributed by atoms with Crippen molar-refractivity contribution in [3.63, 3.8) is 0 Å². The zero-order chi connectivity index (χ0) is 16.9. The Bertz CT molecular complexity index is 691. The van der Waals surface area contributed by atoms with Crippen molar-refractivity contribution in [1.82, 2.24) is 19.6 Å². The SMILES string of the molecule is CCNC(C)Cc1cn2cccc(OCC(=O)N3CCCC3)c2n1. The van der Waals surface area contributed by atoms with Gasteiger partial charge in [0, 0.05) is 37.9 Å². The summed E-state index contributed by atoms with van der Waals surface area (Å²) in [6.45, 7) is 6.98. The van der Waals surface area contributed by atoms with Crippen LogP contribution < -0.4 is 10.1 Å². The first kappa shape index (κ1) is 16.8. The molecule has 0 radical (unpaired) electrons. The largest absolute Gasteiger partial charge is 0.480 e. The van der Waals surface area contributed by atoms with Crippen LogP contribution in [0.2, 0.25) is 0 Å². The second-order valence-corrected chi connectivity index (χ2v) is 6.37. The van der Waals surface area contributed by atoms with Gasteiger partial charge in [0.25, 0.3) is 5.91 Å². The summed E-state index contributed by atoms with van der Waals surface area (Å²) in [5.74, 6) is 0.717. The monoisotopic (exact) mass is 330 g/mol. The minimum absolute atomic E-state index is 0.0575. The van der Waals surface area contributed by atoms with Crippen molar-refractivity contribution in [2.45, 2.75) is 39.2 Å². The van der Waals surface area contributed by atoms with Crippen LogP contribution in [-0.4, -0.2) is 52.5 Å². The Morgan fingerprint density at radius 2 is 2.21 bits per heavy atom. The Hall–Kier alpha value is -2.08. The van der Waals surface area contributed by atoms with Gasteiger partial charge in [0.05, 0.1) is 5.69 Å². The maximum Gasteiger partial charge on any atom is 0.260 e. The maximum absolute atomic E-state index is 12.1. The number of pyridine rings is 1. The van der Waals surface area contributed by atoms with Crippen LogP contribution >= 0.6 is 0 Å². The summed E-state index contributed by atoms with van der Waals surface area (Å²) in [4.78, 5) is 18.7. The van der Waals surface area contributed by atoms with Crippen LogP contribution in [0.4, 0.5) is 0 Å². The van der Waals surface area contributed by atoms with Crippen LogP contribution in [0.5, 0.6) is 5.75 Å². The highest BCUT2D eigenvalue weighted by Crippen LogP contribution is 2.20. The summed E-state index contributed by atoms with van der Waals surface area (Å²) in [6.07, 6.45) is 7.03. The van der Waals surface area contributed by atoms with Gasteiger partial charge in [-0.25, -0.2) is 4.98 Å². The number of hydrogen-bond acceptors (Lipinski definition) is 4. The number of nitrogens with one attached hydrogen (secondary N) is 1. The Morgan fingerprint density at radius 1 is 1.42 bits per heavy atom. The first-order chi connectivity index (χ1) is 11.7. The van der Waals surface area contributed by atoms with Gasteiger partial charge in [-0.3, -0.25) is 4.79 Å². The summed E-state index contributed by atoms with van der Waals surface area (Å²) in [6, 6.07) is 4.17. The molecule has 2 aromatic heterocycles. The summed E-state index contributed by atoms with van der Waals surface area (Å²) >= 11 is 0. The molecular formula is C18H26N4O2. The normalized spacial score (nSPS) is 15.8. The Morgan fingerprint density at radius 3 is 2.96 bits per heavy atom. The lowest BCUT2D eigenvalue weighted by molar-refractivity contribution is -0.132. The average Bonchev–Trinajstić information content (AvgIpc) is 3.21. The quantitative estimate of drug-likeness (QED) is 0.842. The molecular weight excluding hydrogens is 304 g/mol. The van der Waals surface area contributed by atoms with E-state index in [4.69, 9.17) is 4.74 Å². The van der Waals surface area contributed by atoms with Crippen molar-refractivity contribution in [3.8, 4) is 5.75 Å². The number of carbonyl (C=O) groups excluding carboxylic acids is 1. The van der Waals surface area contributed by atoms with E-state index in [1.807, 2.05) is 33.8 Å². The first-order valence-electron chi connectivity index (χ1n) is 8.78. The number of likely N-dealkylation sites (tertiary alicyclic amines) is 1. The molecule has 130 valence electrons. The highest BCUT2D eigenvalue weighted by molar-refractivity contribution is 5.78. The third kappa shape index (κ3) is 3.87. The van der Waals surface area contributed by atoms with Gasteiger partial charge in [-0.05, 0) is 38.4 Å². The maximum atomic E-state index is 12.1. The van der Waals surface area contributed by atoms with Crippen LogP contribution in [0.15, 0.2) is 24.5 Å². The lowest BCUT2D eigenvalue weighted by Gasteiger charge is -2.15. The van der Waals surface area contributed by atoms with Crippen molar-refractivity contribution in [2.75, 3.05) is 26.2 Å². The van der Waals surface area contributed by atoms with Crippen LogP contribution in [0, 0.1) is 0 Å². The average molecular weight is 330 g/mol. The molecule has 2 aromatic rings. The Balaban J connectivity index is 1.68. The third-order valence-corrected chi connectivity index (χ3v) is 4.37. The van der Waals surface area contributed by atoms with E-state index in [1.165, 1.54) is 0 Å². The van der Waals surface area contributed by atoms with Crippen LogP contribution in [-0.2, 0) is 11.2 Å². The zero-order valence-corrected chi connectivity index (χ0v) is 14.5. The smallest absolute Gasteiger partial charge is 0.260 e. The van der Waals surface area contributed by atoms with Crippen LogP contribution in [0.3, 0.4) is 0 Å². The third-order valence-electron chi connectivity index (χ3n) is 4.37. The molecule has 1 aliphatic rings. The van der Waals surface area contributed by atoms with Gasteiger partial charge in [0.15, 0.2) is 18.0 Å².